The first-order valence-electron chi connectivity index (χ1n) is 16.1. The molecule has 47 heavy (non-hydrogen) atoms. The van der Waals surface area contributed by atoms with E-state index in [0.29, 0.717) is 22.0 Å². The molecule has 5 aromatic rings. The van der Waals surface area contributed by atoms with Crippen LogP contribution in [-0.2, 0) is 19.5 Å². The van der Waals surface area contributed by atoms with Gasteiger partial charge in [0.05, 0.1) is 23.7 Å². The third kappa shape index (κ3) is 5.22. The number of hydrogen-bond acceptors (Lipinski definition) is 8. The number of aromatic amines is 1. The molecule has 2 bridgehead atoms. The number of nitrogens with zero attached hydrogens (tertiary/aromatic N) is 6. The quantitative estimate of drug-likeness (QED) is 0.156. The summed E-state index contributed by atoms with van der Waals surface area (Å²) in [6.07, 6.45) is 3.93. The third-order valence-electron chi connectivity index (χ3n) is 11.1. The van der Waals surface area contributed by atoms with Gasteiger partial charge in [-0.3, -0.25) is 10.00 Å². The maximum atomic E-state index is 13.0. The van der Waals surface area contributed by atoms with Crippen molar-refractivity contribution in [2.45, 2.75) is 76.8 Å². The van der Waals surface area contributed by atoms with Gasteiger partial charge in [0, 0.05) is 59.7 Å². The van der Waals surface area contributed by atoms with E-state index in [0.717, 1.165) is 85.5 Å². The molecule has 0 amide bonds. The number of benzene rings is 1. The molecule has 4 fully saturated rings. The molecule has 0 radical (unpaired) electrons. The number of thiophene rings is 1. The molecule has 1 atom stereocenters. The number of nitrogens with one attached hydrogen (secondary N) is 3. The van der Waals surface area contributed by atoms with Crippen LogP contribution in [0.1, 0.15) is 54.3 Å². The molecule has 9 nitrogen and oxygen atoms in total. The van der Waals surface area contributed by atoms with Crippen molar-refractivity contribution in [2.24, 2.45) is 11.3 Å². The minimum absolute atomic E-state index is 0.122. The van der Waals surface area contributed by atoms with E-state index < -0.39 is 12.6 Å². The van der Waals surface area contributed by atoms with Crippen molar-refractivity contribution in [3.05, 3.63) is 64.7 Å². The molecule has 0 spiro atoms. The monoisotopic (exact) mass is 659 g/mol. The zero-order valence-corrected chi connectivity index (χ0v) is 27.1. The lowest BCUT2D eigenvalue weighted by atomic mass is 9.33. The summed E-state index contributed by atoms with van der Waals surface area (Å²) in [6, 6.07) is 10.7. The highest BCUT2D eigenvalue weighted by molar-refractivity contribution is 7.18. The minimum Gasteiger partial charge on any atom is -0.377 e. The number of nitriles is 1. The number of anilines is 2. The molecule has 1 aromatic carbocycles. The van der Waals surface area contributed by atoms with Crippen LogP contribution in [0.15, 0.2) is 43.0 Å². The molecule has 4 aromatic heterocycles. The number of aryl methyl sites for hydroxylation is 1. The second kappa shape index (κ2) is 11.0. The summed E-state index contributed by atoms with van der Waals surface area (Å²) in [4.78, 5) is 11.8. The van der Waals surface area contributed by atoms with E-state index in [1.54, 1.807) is 6.07 Å². The average molecular weight is 660 g/mol. The van der Waals surface area contributed by atoms with Crippen LogP contribution >= 0.6 is 11.3 Å². The Labute approximate surface area is 274 Å². The first-order chi connectivity index (χ1) is 22.5. The highest BCUT2D eigenvalue weighted by atomic mass is 32.1. The number of alkyl halides is 3. The molecular formula is C34H36F3N9S. The molecule has 9 rings (SSSR count). The Bertz CT molecular complexity index is 1990. The topological polar surface area (TPSA) is 110 Å². The van der Waals surface area contributed by atoms with Crippen LogP contribution in [0.25, 0.3) is 21.1 Å². The highest BCUT2D eigenvalue weighted by Gasteiger charge is 2.73. The fourth-order valence-electron chi connectivity index (χ4n) is 8.44. The standard InChI is InChI=1S/C34H36F3N9S/c1-20-22(15-45-7-5-23(6-8-45)43-30-28-10-26(11-34(35,36)37)47-31(28)40-19-39-30)3-4-29-27(20)9-25(12-38)46(29)18-32-16-33(17-32,21(32)2)44-24-13-41-42-14-24/h3-4,9-10,13-14,19,21,23,44H,5-8,11,15-18H2,1-2H3,(H,41,42)(H,39,40,43)/t21-,32?,33?/m0/s1. The number of likely N-dealkylation sites (tertiary alicyclic amines) is 1. The van der Waals surface area contributed by atoms with Gasteiger partial charge in [-0.15, -0.1) is 11.3 Å². The maximum absolute atomic E-state index is 13.0. The van der Waals surface area contributed by atoms with Gasteiger partial charge in [-0.25, -0.2) is 9.97 Å². The molecule has 0 unspecified atom stereocenters. The Morgan fingerprint density at radius 3 is 2.66 bits per heavy atom. The van der Waals surface area contributed by atoms with Crippen molar-refractivity contribution in [3.63, 3.8) is 0 Å². The van der Waals surface area contributed by atoms with Crippen LogP contribution in [0.4, 0.5) is 24.7 Å². The highest BCUT2D eigenvalue weighted by Crippen LogP contribution is 2.73. The molecule has 3 saturated carbocycles. The van der Waals surface area contributed by atoms with Gasteiger partial charge < -0.3 is 15.2 Å². The van der Waals surface area contributed by atoms with Gasteiger partial charge in [-0.1, -0.05) is 13.0 Å². The summed E-state index contributed by atoms with van der Waals surface area (Å²) in [6.45, 7) is 7.96. The Hall–Kier alpha value is -4.15. The number of rotatable bonds is 9. The van der Waals surface area contributed by atoms with E-state index in [1.807, 2.05) is 12.4 Å². The molecule has 3 N–H and O–H groups in total. The van der Waals surface area contributed by atoms with Crippen molar-refractivity contribution in [2.75, 3.05) is 23.7 Å². The van der Waals surface area contributed by atoms with Crippen molar-refractivity contribution in [1.82, 2.24) is 29.6 Å². The van der Waals surface area contributed by atoms with Crippen molar-refractivity contribution >= 4 is 44.0 Å². The second-order valence-corrected chi connectivity index (χ2v) is 15.0. The third-order valence-corrected chi connectivity index (χ3v) is 12.1. The van der Waals surface area contributed by atoms with E-state index in [4.69, 9.17) is 0 Å². The minimum atomic E-state index is -4.25. The number of halogens is 3. The molecule has 3 aliphatic carbocycles. The molecule has 1 saturated heterocycles. The van der Waals surface area contributed by atoms with Gasteiger partial charge in [0.15, 0.2) is 0 Å². The van der Waals surface area contributed by atoms with Crippen LogP contribution < -0.4 is 10.6 Å². The first kappa shape index (κ1) is 30.2. The zero-order valence-electron chi connectivity index (χ0n) is 26.3. The fraction of sp³-hybridized carbons (Fsp3) is 0.471. The lowest BCUT2D eigenvalue weighted by molar-refractivity contribution is -0.197. The summed E-state index contributed by atoms with van der Waals surface area (Å²) in [5.41, 5.74) is 5.68. The van der Waals surface area contributed by atoms with E-state index in [-0.39, 0.29) is 21.9 Å². The zero-order chi connectivity index (χ0) is 32.6. The Morgan fingerprint density at radius 1 is 1.15 bits per heavy atom. The summed E-state index contributed by atoms with van der Waals surface area (Å²) >= 11 is 1.07. The summed E-state index contributed by atoms with van der Waals surface area (Å²) in [5, 5.41) is 26.0. The number of hydrogen-bond donors (Lipinski definition) is 3. The van der Waals surface area contributed by atoms with Crippen LogP contribution in [0.5, 0.6) is 0 Å². The fourth-order valence-corrected chi connectivity index (χ4v) is 9.46. The normalized spacial score (nSPS) is 24.6. The van der Waals surface area contributed by atoms with E-state index in [2.05, 4.69) is 78.4 Å². The van der Waals surface area contributed by atoms with E-state index >= 15 is 0 Å². The van der Waals surface area contributed by atoms with Gasteiger partial charge >= 0.3 is 6.18 Å². The molecule has 13 heteroatoms. The van der Waals surface area contributed by atoms with Crippen molar-refractivity contribution < 1.29 is 13.2 Å². The van der Waals surface area contributed by atoms with E-state index in [9.17, 15) is 18.4 Å². The van der Waals surface area contributed by atoms with Gasteiger partial charge in [0.2, 0.25) is 0 Å². The molecule has 4 aliphatic rings. The summed E-state index contributed by atoms with van der Waals surface area (Å²) in [7, 11) is 0. The number of H-pyrrole nitrogens is 1. The van der Waals surface area contributed by atoms with Crippen molar-refractivity contribution in [3.8, 4) is 6.07 Å². The molecule has 244 valence electrons. The number of piperidine rings is 1. The SMILES string of the molecule is Cc1c(CN2CCC(Nc3ncnc4sc(CC(F)(F)F)cc34)CC2)ccc2c1cc(C#N)n2CC12CC(Nc3cn[nH]c3)(C1)[C@H]2C. The van der Waals surface area contributed by atoms with Gasteiger partial charge in [0.1, 0.15) is 28.7 Å². The summed E-state index contributed by atoms with van der Waals surface area (Å²) < 4.78 is 41.1. The van der Waals surface area contributed by atoms with Gasteiger partial charge in [-0.2, -0.15) is 23.5 Å². The van der Waals surface area contributed by atoms with Crippen LogP contribution in [0, 0.1) is 29.6 Å². The molecule has 1 aliphatic heterocycles. The number of aromatic nitrogens is 5. The van der Waals surface area contributed by atoms with Gasteiger partial charge in [-0.05, 0) is 73.3 Å². The predicted octanol–water partition coefficient (Wildman–Crippen LogP) is 7.01. The Balaban J connectivity index is 0.918. The second-order valence-electron chi connectivity index (χ2n) is 13.9. The Morgan fingerprint density at radius 2 is 1.96 bits per heavy atom. The largest absolute Gasteiger partial charge is 0.393 e. The number of fused-ring (bicyclic) bond motifs is 2. The molecule has 5 heterocycles. The maximum Gasteiger partial charge on any atom is 0.393 e. The lowest BCUT2D eigenvalue weighted by Crippen LogP contribution is -2.78. The van der Waals surface area contributed by atoms with Crippen LogP contribution in [-0.4, -0.2) is 60.5 Å². The van der Waals surface area contributed by atoms with Crippen LogP contribution in [0.2, 0.25) is 0 Å². The van der Waals surface area contributed by atoms with Crippen LogP contribution in [0.3, 0.4) is 0 Å². The predicted molar refractivity (Wildman–Crippen MR) is 176 cm³/mol. The first-order valence-corrected chi connectivity index (χ1v) is 16.9. The van der Waals surface area contributed by atoms with E-state index in [1.165, 1.54) is 17.5 Å². The Kier molecular flexibility index (Phi) is 7.04. The average Bonchev–Trinajstić information content (AvgIpc) is 3.77. The smallest absolute Gasteiger partial charge is 0.377 e. The lowest BCUT2D eigenvalue weighted by Gasteiger charge is -2.76. The molecular weight excluding hydrogens is 623 g/mol. The van der Waals surface area contributed by atoms with Gasteiger partial charge in [0.25, 0.3) is 0 Å². The summed E-state index contributed by atoms with van der Waals surface area (Å²) in [5.74, 6) is 1.11. The van der Waals surface area contributed by atoms with Crippen molar-refractivity contribution in [1.29, 1.82) is 5.26 Å².